The van der Waals surface area contributed by atoms with Gasteiger partial charge in [0, 0.05) is 30.2 Å². The van der Waals surface area contributed by atoms with Crippen LogP contribution < -0.4 is 5.32 Å². The average molecular weight is 418 g/mol. The van der Waals surface area contributed by atoms with Crippen LogP contribution in [0.3, 0.4) is 0 Å². The quantitative estimate of drug-likeness (QED) is 0.556. The highest BCUT2D eigenvalue weighted by molar-refractivity contribution is 7.48. The number of hydrogen-bond acceptors (Lipinski definition) is 4. The predicted molar refractivity (Wildman–Crippen MR) is 121 cm³/mol. The van der Waals surface area contributed by atoms with E-state index in [-0.39, 0.29) is 11.5 Å². The van der Waals surface area contributed by atoms with E-state index in [1.165, 1.54) is 11.1 Å². The lowest BCUT2D eigenvalue weighted by atomic mass is 9.65. The van der Waals surface area contributed by atoms with Crippen molar-refractivity contribution in [1.29, 1.82) is 0 Å². The molecule has 1 aliphatic carbocycles. The zero-order valence-electron chi connectivity index (χ0n) is 17.0. The maximum atomic E-state index is 6.71. The molecule has 0 spiro atoms. The van der Waals surface area contributed by atoms with E-state index in [1.54, 1.807) is 0 Å². The highest BCUT2D eigenvalue weighted by Gasteiger charge is 2.39. The largest absolute Gasteiger partial charge is 0.372 e. The molecule has 154 valence electrons. The second kappa shape index (κ2) is 8.63. The topological polar surface area (TPSA) is 42.3 Å². The first-order valence-corrected chi connectivity index (χ1v) is 11.7. The minimum absolute atomic E-state index is 0.0647. The third kappa shape index (κ3) is 3.76. The van der Waals surface area contributed by atoms with Crippen LogP contribution in [0.15, 0.2) is 91.8 Å². The van der Waals surface area contributed by atoms with Gasteiger partial charge in [-0.25, -0.2) is 4.98 Å². The fourth-order valence-corrected chi connectivity index (χ4v) is 6.32. The van der Waals surface area contributed by atoms with E-state index in [4.69, 9.17) is 4.52 Å². The smallest absolute Gasteiger partial charge is 0.255 e. The lowest BCUT2D eigenvalue weighted by Crippen LogP contribution is -2.36. The number of benzene rings is 2. The third-order valence-corrected chi connectivity index (χ3v) is 8.04. The summed E-state index contributed by atoms with van der Waals surface area (Å²) in [5.41, 5.74) is 2.89. The van der Waals surface area contributed by atoms with Crippen molar-refractivity contribution < 1.29 is 4.52 Å². The monoisotopic (exact) mass is 418 g/mol. The molecule has 1 aromatic heterocycles. The molecule has 0 bridgehead atoms. The zero-order valence-corrected chi connectivity index (χ0v) is 17.9. The van der Waals surface area contributed by atoms with Gasteiger partial charge in [-0.2, -0.15) is 0 Å². The van der Waals surface area contributed by atoms with E-state index in [2.05, 4.69) is 86.2 Å². The number of aromatic nitrogens is 2. The van der Waals surface area contributed by atoms with Gasteiger partial charge in [0.15, 0.2) is 0 Å². The molecule has 2 aromatic carbocycles. The minimum atomic E-state index is -0.944. The molecule has 1 saturated carbocycles. The molecule has 6 heteroatoms. The molecular weight excluding hydrogens is 391 g/mol. The molecule has 0 radical (unpaired) electrons. The minimum Gasteiger partial charge on any atom is -0.372 e. The first-order chi connectivity index (χ1) is 14.9. The van der Waals surface area contributed by atoms with Crippen LogP contribution in [-0.4, -0.2) is 26.8 Å². The molecular formula is C24H27N4OP. The summed E-state index contributed by atoms with van der Waals surface area (Å²) in [6.07, 6.45) is 14.2. The lowest BCUT2D eigenvalue weighted by Gasteiger charge is -2.42. The molecule has 1 N–H and O–H groups in total. The molecule has 0 saturated heterocycles. The maximum Gasteiger partial charge on any atom is 0.255 e. The molecule has 2 aliphatic rings. The van der Waals surface area contributed by atoms with Crippen LogP contribution in [-0.2, 0) is 9.94 Å². The van der Waals surface area contributed by atoms with Gasteiger partial charge in [0.05, 0.1) is 12.8 Å². The summed E-state index contributed by atoms with van der Waals surface area (Å²) in [5.74, 6) is 0. The fourth-order valence-electron chi connectivity index (χ4n) is 4.64. The summed E-state index contributed by atoms with van der Waals surface area (Å²) < 4.78 is 11.0. The molecule has 2 heterocycles. The Balaban J connectivity index is 1.36. The fraction of sp³-hybridized carbons (Fsp3) is 0.292. The number of nitrogens with one attached hydrogen (secondary N) is 1. The Morgan fingerprint density at radius 2 is 1.63 bits per heavy atom. The highest BCUT2D eigenvalue weighted by atomic mass is 31.2. The van der Waals surface area contributed by atoms with Gasteiger partial charge in [0.25, 0.3) is 8.45 Å². The molecule has 1 fully saturated rings. The SMILES string of the molecule is C1=CN(P(OC2CCC(c3ccccc3)(c3ccccc3)CC2)n2ccnc2)CN1. The van der Waals surface area contributed by atoms with Crippen molar-refractivity contribution in [3.8, 4) is 0 Å². The van der Waals surface area contributed by atoms with Crippen molar-refractivity contribution >= 4 is 8.45 Å². The van der Waals surface area contributed by atoms with E-state index in [0.717, 1.165) is 32.4 Å². The van der Waals surface area contributed by atoms with Gasteiger partial charge in [-0.3, -0.25) is 9.01 Å². The number of imidazole rings is 1. The second-order valence-corrected chi connectivity index (χ2v) is 9.62. The summed E-state index contributed by atoms with van der Waals surface area (Å²) in [4.78, 5) is 4.24. The summed E-state index contributed by atoms with van der Waals surface area (Å²) >= 11 is 0. The van der Waals surface area contributed by atoms with Crippen molar-refractivity contribution in [1.82, 2.24) is 19.3 Å². The zero-order chi connectivity index (χ0) is 20.2. The molecule has 3 aromatic rings. The summed E-state index contributed by atoms with van der Waals surface area (Å²) in [6.45, 7) is 0.772. The van der Waals surface area contributed by atoms with Gasteiger partial charge in [-0.1, -0.05) is 60.7 Å². The molecule has 30 heavy (non-hydrogen) atoms. The van der Waals surface area contributed by atoms with Gasteiger partial charge < -0.3 is 9.84 Å². The Kier molecular flexibility index (Phi) is 5.56. The Labute approximate surface area is 179 Å². The molecule has 0 amide bonds. The van der Waals surface area contributed by atoms with Gasteiger partial charge in [0.1, 0.15) is 6.33 Å². The number of rotatable bonds is 6. The van der Waals surface area contributed by atoms with Crippen LogP contribution in [0.1, 0.15) is 36.8 Å². The summed E-state index contributed by atoms with van der Waals surface area (Å²) in [6, 6.07) is 22.0. The van der Waals surface area contributed by atoms with Crippen LogP contribution in [0.2, 0.25) is 0 Å². The Morgan fingerprint density at radius 3 is 2.17 bits per heavy atom. The van der Waals surface area contributed by atoms with Crippen molar-refractivity contribution in [2.45, 2.75) is 37.2 Å². The molecule has 1 unspecified atom stereocenters. The number of nitrogens with zero attached hydrogens (tertiary/aromatic N) is 3. The number of hydrogen-bond donors (Lipinski definition) is 1. The van der Waals surface area contributed by atoms with Gasteiger partial charge >= 0.3 is 0 Å². The van der Waals surface area contributed by atoms with Crippen molar-refractivity contribution in [2.24, 2.45) is 0 Å². The van der Waals surface area contributed by atoms with Crippen LogP contribution in [0, 0.1) is 0 Å². The van der Waals surface area contributed by atoms with Gasteiger partial charge in [-0.15, -0.1) is 0 Å². The summed E-state index contributed by atoms with van der Waals surface area (Å²) in [7, 11) is -0.944. The van der Waals surface area contributed by atoms with E-state index in [9.17, 15) is 0 Å². The third-order valence-electron chi connectivity index (χ3n) is 6.21. The Morgan fingerprint density at radius 1 is 0.967 bits per heavy atom. The van der Waals surface area contributed by atoms with E-state index >= 15 is 0 Å². The first kappa shape index (κ1) is 19.3. The highest BCUT2D eigenvalue weighted by Crippen LogP contribution is 2.50. The average Bonchev–Trinajstić information content (AvgIpc) is 3.54. The first-order valence-electron chi connectivity index (χ1n) is 10.6. The Hall–Kier alpha value is -2.62. The van der Waals surface area contributed by atoms with Crippen molar-refractivity contribution in [3.63, 3.8) is 0 Å². The molecule has 1 atom stereocenters. The molecule has 5 nitrogen and oxygen atoms in total. The van der Waals surface area contributed by atoms with E-state index < -0.39 is 8.45 Å². The van der Waals surface area contributed by atoms with Gasteiger partial charge in [-0.05, 0) is 36.8 Å². The van der Waals surface area contributed by atoms with Crippen LogP contribution in [0.4, 0.5) is 0 Å². The standard InChI is InChI=1S/C24H27N4OP/c1-3-7-21(8-4-1)24(22-9-5-2-6-10-22)13-11-23(12-14-24)29-30(27-17-15-25-19-27)28-18-16-26-20-28/h1-10,15-19,23,26H,11-14,20H2. The van der Waals surface area contributed by atoms with Gasteiger partial charge in [0.2, 0.25) is 0 Å². The van der Waals surface area contributed by atoms with E-state index in [0.29, 0.717) is 0 Å². The molecule has 1 aliphatic heterocycles. The summed E-state index contributed by atoms with van der Waals surface area (Å²) in [5, 5.41) is 3.26. The molecule has 5 rings (SSSR count). The van der Waals surface area contributed by atoms with Crippen molar-refractivity contribution in [3.05, 3.63) is 103 Å². The van der Waals surface area contributed by atoms with E-state index in [1.807, 2.05) is 24.9 Å². The Bertz CT molecular complexity index is 912. The van der Waals surface area contributed by atoms with Crippen LogP contribution in [0.5, 0.6) is 0 Å². The van der Waals surface area contributed by atoms with Crippen LogP contribution >= 0.6 is 8.45 Å². The second-order valence-electron chi connectivity index (χ2n) is 7.93. The normalized spacial score (nSPS) is 19.5. The predicted octanol–water partition coefficient (Wildman–Crippen LogP) is 5.24. The lowest BCUT2D eigenvalue weighted by molar-refractivity contribution is 0.133. The van der Waals surface area contributed by atoms with Crippen molar-refractivity contribution in [2.75, 3.05) is 6.67 Å². The maximum absolute atomic E-state index is 6.71. The van der Waals surface area contributed by atoms with Crippen LogP contribution in [0.25, 0.3) is 0 Å².